The van der Waals surface area contributed by atoms with Crippen LogP contribution in [0.1, 0.15) is 29.6 Å². The van der Waals surface area contributed by atoms with E-state index in [0.717, 1.165) is 28.0 Å². The van der Waals surface area contributed by atoms with E-state index >= 15 is 0 Å². The number of piperidine rings is 1. The molecular weight excluding hydrogens is 443 g/mol. The number of ether oxygens (including phenoxy) is 2. The molecule has 0 radical (unpaired) electrons. The van der Waals surface area contributed by atoms with Gasteiger partial charge in [-0.2, -0.15) is 0 Å². The van der Waals surface area contributed by atoms with Crippen LogP contribution in [0.3, 0.4) is 0 Å². The number of benzene rings is 2. The van der Waals surface area contributed by atoms with E-state index in [1.807, 2.05) is 18.2 Å². The van der Waals surface area contributed by atoms with Crippen molar-refractivity contribution in [1.29, 1.82) is 0 Å². The molecule has 0 saturated carbocycles. The molecule has 1 amide bonds. The number of nitrogens with one attached hydrogen (secondary N) is 1. The molecule has 0 aromatic heterocycles. The quantitative estimate of drug-likeness (QED) is 0.658. The minimum atomic E-state index is -0.161. The van der Waals surface area contributed by atoms with Gasteiger partial charge in [0.1, 0.15) is 0 Å². The van der Waals surface area contributed by atoms with Crippen molar-refractivity contribution in [3.63, 3.8) is 0 Å². The Morgan fingerprint density at radius 2 is 1.73 bits per heavy atom. The number of amides is 1. The molecule has 1 aliphatic heterocycles. The van der Waals surface area contributed by atoms with E-state index in [-0.39, 0.29) is 5.91 Å². The van der Waals surface area contributed by atoms with Crippen LogP contribution in [0, 0.1) is 3.57 Å². The number of nitrogens with zero attached hydrogens (tertiary/aromatic N) is 1. The Labute approximate surface area is 167 Å². The van der Waals surface area contributed by atoms with Gasteiger partial charge in [0.05, 0.1) is 19.8 Å². The summed E-state index contributed by atoms with van der Waals surface area (Å²) in [6.07, 6.45) is 3.74. The van der Waals surface area contributed by atoms with Gasteiger partial charge in [0.25, 0.3) is 5.91 Å². The third-order valence-electron chi connectivity index (χ3n) is 4.54. The highest BCUT2D eigenvalue weighted by Gasteiger charge is 2.17. The first-order chi connectivity index (χ1) is 12.6. The van der Waals surface area contributed by atoms with Gasteiger partial charge in [-0.3, -0.25) is 4.79 Å². The number of methoxy groups -OCH3 is 2. The van der Waals surface area contributed by atoms with Crippen molar-refractivity contribution in [2.24, 2.45) is 0 Å². The van der Waals surface area contributed by atoms with E-state index < -0.39 is 0 Å². The second-order valence-electron chi connectivity index (χ2n) is 6.24. The van der Waals surface area contributed by atoms with Crippen molar-refractivity contribution >= 4 is 39.9 Å². The first-order valence-corrected chi connectivity index (χ1v) is 9.78. The standard InChI is InChI=1S/C20H23IN2O3/c1-25-18-12-16(17(21)13-19(18)26-2)20(24)22-14-7-6-8-15(11-14)23-9-4-3-5-10-23/h6-8,11-13H,3-5,9-10H2,1-2H3,(H,22,24). The van der Waals surface area contributed by atoms with Crippen LogP contribution >= 0.6 is 22.6 Å². The van der Waals surface area contributed by atoms with Gasteiger partial charge in [0, 0.05) is 28.0 Å². The molecule has 1 saturated heterocycles. The highest BCUT2D eigenvalue weighted by atomic mass is 127. The van der Waals surface area contributed by atoms with Gasteiger partial charge in [0.15, 0.2) is 11.5 Å². The van der Waals surface area contributed by atoms with Crippen LogP contribution in [0.5, 0.6) is 11.5 Å². The van der Waals surface area contributed by atoms with Crippen LogP contribution in [0.25, 0.3) is 0 Å². The van der Waals surface area contributed by atoms with Gasteiger partial charge < -0.3 is 19.7 Å². The van der Waals surface area contributed by atoms with Crippen molar-refractivity contribution in [3.05, 3.63) is 45.5 Å². The summed E-state index contributed by atoms with van der Waals surface area (Å²) in [5, 5.41) is 3.00. The van der Waals surface area contributed by atoms with Gasteiger partial charge in [-0.15, -0.1) is 0 Å². The largest absolute Gasteiger partial charge is 0.493 e. The molecule has 26 heavy (non-hydrogen) atoms. The Kier molecular flexibility index (Phi) is 6.24. The third kappa shape index (κ3) is 4.23. The van der Waals surface area contributed by atoms with Crippen LogP contribution < -0.4 is 19.7 Å². The number of hydrogen-bond acceptors (Lipinski definition) is 4. The van der Waals surface area contributed by atoms with E-state index in [2.05, 4.69) is 38.9 Å². The Hall–Kier alpha value is -1.96. The van der Waals surface area contributed by atoms with Crippen molar-refractivity contribution in [1.82, 2.24) is 0 Å². The number of hydrogen-bond donors (Lipinski definition) is 1. The smallest absolute Gasteiger partial charge is 0.256 e. The molecule has 1 N–H and O–H groups in total. The van der Waals surface area contributed by atoms with Crippen molar-refractivity contribution < 1.29 is 14.3 Å². The van der Waals surface area contributed by atoms with Gasteiger partial charge in [-0.25, -0.2) is 0 Å². The van der Waals surface area contributed by atoms with E-state index in [9.17, 15) is 4.79 Å². The maximum Gasteiger partial charge on any atom is 0.256 e. The summed E-state index contributed by atoms with van der Waals surface area (Å²) in [5.74, 6) is 0.992. The van der Waals surface area contributed by atoms with Crippen LogP contribution in [0.2, 0.25) is 0 Å². The minimum absolute atomic E-state index is 0.161. The summed E-state index contributed by atoms with van der Waals surface area (Å²) in [7, 11) is 3.15. The molecule has 2 aromatic rings. The molecule has 3 rings (SSSR count). The van der Waals surface area contributed by atoms with E-state index in [1.54, 1.807) is 26.4 Å². The summed E-state index contributed by atoms with van der Waals surface area (Å²) in [5.41, 5.74) is 2.51. The fourth-order valence-electron chi connectivity index (χ4n) is 3.16. The fraction of sp³-hybridized carbons (Fsp3) is 0.350. The first kappa shape index (κ1) is 18.8. The maximum absolute atomic E-state index is 12.8. The summed E-state index contributed by atoms with van der Waals surface area (Å²) >= 11 is 2.14. The molecule has 0 bridgehead atoms. The Morgan fingerprint density at radius 3 is 2.42 bits per heavy atom. The molecule has 1 fully saturated rings. The zero-order chi connectivity index (χ0) is 18.5. The monoisotopic (exact) mass is 466 g/mol. The second kappa shape index (κ2) is 8.62. The average Bonchev–Trinajstić information content (AvgIpc) is 2.68. The highest BCUT2D eigenvalue weighted by Crippen LogP contribution is 2.32. The van der Waals surface area contributed by atoms with Gasteiger partial charge in [0.2, 0.25) is 0 Å². The van der Waals surface area contributed by atoms with E-state index in [4.69, 9.17) is 9.47 Å². The Balaban J connectivity index is 1.80. The number of carbonyl (C=O) groups is 1. The molecule has 0 atom stereocenters. The summed E-state index contributed by atoms with van der Waals surface area (Å²) in [4.78, 5) is 15.1. The zero-order valence-corrected chi connectivity index (χ0v) is 17.2. The number of carbonyl (C=O) groups excluding carboxylic acids is 1. The van der Waals surface area contributed by atoms with Gasteiger partial charge in [-0.1, -0.05) is 6.07 Å². The van der Waals surface area contributed by atoms with Crippen LogP contribution in [-0.2, 0) is 0 Å². The number of rotatable bonds is 5. The average molecular weight is 466 g/mol. The molecule has 0 unspecified atom stereocenters. The van der Waals surface area contributed by atoms with Crippen LogP contribution in [0.4, 0.5) is 11.4 Å². The Morgan fingerprint density at radius 1 is 1.04 bits per heavy atom. The molecule has 5 nitrogen and oxygen atoms in total. The number of halogens is 1. The van der Waals surface area contributed by atoms with E-state index in [1.165, 1.54) is 19.3 Å². The fourth-order valence-corrected chi connectivity index (χ4v) is 3.84. The molecule has 2 aromatic carbocycles. The lowest BCUT2D eigenvalue weighted by Crippen LogP contribution is -2.29. The second-order valence-corrected chi connectivity index (χ2v) is 7.40. The molecule has 0 spiro atoms. The predicted molar refractivity (Wildman–Crippen MR) is 113 cm³/mol. The topological polar surface area (TPSA) is 50.8 Å². The van der Waals surface area contributed by atoms with Crippen LogP contribution in [-0.4, -0.2) is 33.2 Å². The predicted octanol–water partition coefficient (Wildman–Crippen LogP) is 4.55. The lowest BCUT2D eigenvalue weighted by Gasteiger charge is -2.29. The summed E-state index contributed by atoms with van der Waals surface area (Å²) in [6.45, 7) is 2.15. The van der Waals surface area contributed by atoms with Crippen molar-refractivity contribution in [2.45, 2.75) is 19.3 Å². The normalized spacial score (nSPS) is 14.0. The van der Waals surface area contributed by atoms with Gasteiger partial charge in [-0.05, 0) is 72.2 Å². The molecule has 1 aliphatic rings. The highest BCUT2D eigenvalue weighted by molar-refractivity contribution is 14.1. The van der Waals surface area contributed by atoms with Crippen molar-refractivity contribution in [3.8, 4) is 11.5 Å². The summed E-state index contributed by atoms with van der Waals surface area (Å²) in [6, 6.07) is 11.6. The van der Waals surface area contributed by atoms with E-state index in [0.29, 0.717) is 17.1 Å². The first-order valence-electron chi connectivity index (χ1n) is 8.70. The molecule has 138 valence electrons. The zero-order valence-electron chi connectivity index (χ0n) is 15.0. The lowest BCUT2D eigenvalue weighted by atomic mass is 10.1. The summed E-state index contributed by atoms with van der Waals surface area (Å²) < 4.78 is 11.4. The molecule has 1 heterocycles. The third-order valence-corrected chi connectivity index (χ3v) is 5.44. The van der Waals surface area contributed by atoms with Crippen LogP contribution in [0.15, 0.2) is 36.4 Å². The van der Waals surface area contributed by atoms with Gasteiger partial charge >= 0.3 is 0 Å². The lowest BCUT2D eigenvalue weighted by molar-refractivity contribution is 0.102. The minimum Gasteiger partial charge on any atom is -0.493 e. The maximum atomic E-state index is 12.8. The molecule has 6 heteroatoms. The number of anilines is 2. The molecule has 0 aliphatic carbocycles. The van der Waals surface area contributed by atoms with Crippen molar-refractivity contribution in [2.75, 3.05) is 37.5 Å². The Bertz CT molecular complexity index is 789. The SMILES string of the molecule is COc1cc(I)c(C(=O)Nc2cccc(N3CCCCC3)c2)cc1OC. The molecular formula is C20H23IN2O3.